The molecular weight excluding hydrogens is 276 g/mol. The molecule has 0 bridgehead atoms. The fourth-order valence-corrected chi connectivity index (χ4v) is 3.33. The van der Waals surface area contributed by atoms with Gasteiger partial charge in [0.15, 0.2) is 0 Å². The Kier molecular flexibility index (Phi) is 3.05. The molecule has 4 nitrogen and oxygen atoms in total. The van der Waals surface area contributed by atoms with E-state index < -0.39 is 0 Å². The summed E-state index contributed by atoms with van der Waals surface area (Å²) in [4.78, 5) is 3.51. The predicted molar refractivity (Wildman–Crippen MR) is 86.5 cm³/mol. The molecule has 112 valence electrons. The molecule has 0 spiro atoms. The second-order valence-electron chi connectivity index (χ2n) is 5.62. The van der Waals surface area contributed by atoms with Gasteiger partial charge in [-0.3, -0.25) is 0 Å². The van der Waals surface area contributed by atoms with Crippen molar-refractivity contribution in [1.82, 2.24) is 10.3 Å². The van der Waals surface area contributed by atoms with E-state index in [-0.39, 0.29) is 6.04 Å². The Morgan fingerprint density at radius 3 is 2.86 bits per heavy atom. The highest BCUT2D eigenvalue weighted by Crippen LogP contribution is 2.37. The second kappa shape index (κ2) is 5.07. The van der Waals surface area contributed by atoms with E-state index >= 15 is 0 Å². The smallest absolute Gasteiger partial charge is 0.120 e. The van der Waals surface area contributed by atoms with Gasteiger partial charge in [0, 0.05) is 28.7 Å². The highest BCUT2D eigenvalue weighted by atomic mass is 16.5. The van der Waals surface area contributed by atoms with Gasteiger partial charge >= 0.3 is 0 Å². The van der Waals surface area contributed by atoms with Crippen LogP contribution < -0.4 is 10.1 Å². The number of aromatic nitrogens is 1. The number of hydrogen-bond acceptors (Lipinski definition) is 3. The van der Waals surface area contributed by atoms with Crippen LogP contribution in [0.5, 0.6) is 11.5 Å². The Labute approximate surface area is 128 Å². The van der Waals surface area contributed by atoms with E-state index in [1.165, 1.54) is 10.9 Å². The summed E-state index contributed by atoms with van der Waals surface area (Å²) >= 11 is 0. The molecule has 2 aromatic carbocycles. The Morgan fingerprint density at radius 1 is 1.18 bits per heavy atom. The zero-order valence-corrected chi connectivity index (χ0v) is 12.4. The molecule has 1 aliphatic rings. The fraction of sp³-hybridized carbons (Fsp3) is 0.222. The van der Waals surface area contributed by atoms with Crippen molar-refractivity contribution in [2.45, 2.75) is 12.5 Å². The zero-order chi connectivity index (χ0) is 15.1. The Balaban J connectivity index is 1.90. The molecule has 1 atom stereocenters. The predicted octanol–water partition coefficient (Wildman–Crippen LogP) is 3.12. The number of methoxy groups -OCH3 is 1. The Morgan fingerprint density at radius 2 is 2.05 bits per heavy atom. The quantitative estimate of drug-likeness (QED) is 0.680. The maximum atomic E-state index is 10.2. The van der Waals surface area contributed by atoms with Gasteiger partial charge in [-0.15, -0.1) is 0 Å². The number of phenolic OH excluding ortho intramolecular Hbond substituents is 1. The van der Waals surface area contributed by atoms with Gasteiger partial charge in [0.1, 0.15) is 11.5 Å². The summed E-state index contributed by atoms with van der Waals surface area (Å²) in [7, 11) is 1.69. The lowest BCUT2D eigenvalue weighted by molar-refractivity contribution is 0.415. The summed E-state index contributed by atoms with van der Waals surface area (Å²) in [6, 6.07) is 13.6. The first-order valence-electron chi connectivity index (χ1n) is 7.47. The normalized spacial score (nSPS) is 17.4. The van der Waals surface area contributed by atoms with Crippen LogP contribution in [0.4, 0.5) is 0 Å². The van der Waals surface area contributed by atoms with Crippen molar-refractivity contribution >= 4 is 10.9 Å². The first-order chi connectivity index (χ1) is 10.8. The lowest BCUT2D eigenvalue weighted by Gasteiger charge is -2.25. The molecule has 0 aliphatic carbocycles. The number of H-pyrrole nitrogens is 1. The van der Waals surface area contributed by atoms with E-state index in [9.17, 15) is 5.11 Å². The summed E-state index contributed by atoms with van der Waals surface area (Å²) in [5.74, 6) is 1.19. The molecule has 4 rings (SSSR count). The number of ether oxygens (including phenoxy) is 1. The number of rotatable bonds is 2. The number of benzene rings is 2. The maximum Gasteiger partial charge on any atom is 0.120 e. The van der Waals surface area contributed by atoms with Gasteiger partial charge in [-0.1, -0.05) is 18.2 Å². The SMILES string of the molecule is COc1ccc2[nH]c3c(c2c1)CCN[C@@H]3c1ccccc1O. The van der Waals surface area contributed by atoms with E-state index in [0.29, 0.717) is 5.75 Å². The van der Waals surface area contributed by atoms with Gasteiger partial charge < -0.3 is 20.1 Å². The minimum Gasteiger partial charge on any atom is -0.508 e. The molecule has 1 aromatic heterocycles. The lowest BCUT2D eigenvalue weighted by atomic mass is 9.94. The molecule has 4 heteroatoms. The molecule has 0 unspecified atom stereocenters. The number of aromatic hydroxyl groups is 1. The molecule has 1 aliphatic heterocycles. The number of hydrogen-bond donors (Lipinski definition) is 3. The van der Waals surface area contributed by atoms with Crippen molar-refractivity contribution in [3.05, 3.63) is 59.3 Å². The van der Waals surface area contributed by atoms with Crippen molar-refractivity contribution < 1.29 is 9.84 Å². The first kappa shape index (κ1) is 13.2. The van der Waals surface area contributed by atoms with Crippen molar-refractivity contribution in [3.8, 4) is 11.5 Å². The summed E-state index contributed by atoms with van der Waals surface area (Å²) in [5, 5.41) is 14.9. The number of nitrogens with one attached hydrogen (secondary N) is 2. The van der Waals surface area contributed by atoms with Gasteiger partial charge in [0.05, 0.1) is 13.2 Å². The van der Waals surface area contributed by atoms with Crippen molar-refractivity contribution in [2.24, 2.45) is 0 Å². The van der Waals surface area contributed by atoms with Gasteiger partial charge in [-0.25, -0.2) is 0 Å². The number of phenols is 1. The zero-order valence-electron chi connectivity index (χ0n) is 12.4. The minimum atomic E-state index is -0.0108. The number of aromatic amines is 1. The average molecular weight is 294 g/mol. The third-order valence-electron chi connectivity index (χ3n) is 4.41. The molecule has 2 heterocycles. The molecule has 0 saturated carbocycles. The Bertz CT molecular complexity index is 838. The summed E-state index contributed by atoms with van der Waals surface area (Å²) in [5.41, 5.74) is 4.45. The second-order valence-corrected chi connectivity index (χ2v) is 5.62. The monoisotopic (exact) mass is 294 g/mol. The standard InChI is InChI=1S/C18H18N2O2/c1-22-11-6-7-15-14(10-11)12-8-9-19-17(18(12)20-15)13-4-2-3-5-16(13)21/h2-7,10,17,19-21H,8-9H2,1H3/t17-/m1/s1. The van der Waals surface area contributed by atoms with Gasteiger partial charge in [0.2, 0.25) is 0 Å². The lowest BCUT2D eigenvalue weighted by Crippen LogP contribution is -2.30. The van der Waals surface area contributed by atoms with Gasteiger partial charge in [0.25, 0.3) is 0 Å². The Hall–Kier alpha value is -2.46. The van der Waals surface area contributed by atoms with Gasteiger partial charge in [-0.2, -0.15) is 0 Å². The molecule has 22 heavy (non-hydrogen) atoms. The van der Waals surface area contributed by atoms with E-state index in [1.54, 1.807) is 13.2 Å². The molecule has 0 radical (unpaired) electrons. The third kappa shape index (κ3) is 1.96. The van der Waals surface area contributed by atoms with Crippen LogP contribution in [0.15, 0.2) is 42.5 Å². The van der Waals surface area contributed by atoms with Crippen LogP contribution in [0, 0.1) is 0 Å². The summed E-state index contributed by atoms with van der Waals surface area (Å²) in [6.45, 7) is 0.885. The van der Waals surface area contributed by atoms with Crippen molar-refractivity contribution in [1.29, 1.82) is 0 Å². The molecule has 3 aromatic rings. The van der Waals surface area contributed by atoms with E-state index in [2.05, 4.69) is 16.4 Å². The molecule has 0 amide bonds. The van der Waals surface area contributed by atoms with Crippen molar-refractivity contribution in [3.63, 3.8) is 0 Å². The van der Waals surface area contributed by atoms with E-state index in [0.717, 1.165) is 35.5 Å². The minimum absolute atomic E-state index is 0.0108. The molecule has 0 saturated heterocycles. The molecular formula is C18H18N2O2. The van der Waals surface area contributed by atoms with Crippen LogP contribution >= 0.6 is 0 Å². The molecule has 0 fully saturated rings. The van der Waals surface area contributed by atoms with Crippen LogP contribution in [-0.2, 0) is 6.42 Å². The van der Waals surface area contributed by atoms with Crippen LogP contribution in [0.2, 0.25) is 0 Å². The summed E-state index contributed by atoms with van der Waals surface area (Å²) < 4.78 is 5.34. The molecule has 3 N–H and O–H groups in total. The van der Waals surface area contributed by atoms with Crippen LogP contribution in [-0.4, -0.2) is 23.7 Å². The summed E-state index contributed by atoms with van der Waals surface area (Å²) in [6.07, 6.45) is 0.965. The first-order valence-corrected chi connectivity index (χ1v) is 7.47. The van der Waals surface area contributed by atoms with Crippen LogP contribution in [0.25, 0.3) is 10.9 Å². The topological polar surface area (TPSA) is 57.3 Å². The highest BCUT2D eigenvalue weighted by molar-refractivity contribution is 5.86. The van der Waals surface area contributed by atoms with Crippen LogP contribution in [0.1, 0.15) is 22.9 Å². The van der Waals surface area contributed by atoms with E-state index in [4.69, 9.17) is 4.74 Å². The third-order valence-corrected chi connectivity index (χ3v) is 4.41. The number of fused-ring (bicyclic) bond motifs is 3. The number of para-hydroxylation sites is 1. The van der Waals surface area contributed by atoms with Crippen LogP contribution in [0.3, 0.4) is 0 Å². The average Bonchev–Trinajstić information content (AvgIpc) is 2.93. The van der Waals surface area contributed by atoms with Crippen molar-refractivity contribution in [2.75, 3.05) is 13.7 Å². The highest BCUT2D eigenvalue weighted by Gasteiger charge is 2.26. The fourth-order valence-electron chi connectivity index (χ4n) is 3.33. The van der Waals surface area contributed by atoms with E-state index in [1.807, 2.05) is 30.3 Å². The largest absolute Gasteiger partial charge is 0.508 e. The van der Waals surface area contributed by atoms with Gasteiger partial charge in [-0.05, 0) is 36.2 Å². The maximum absolute atomic E-state index is 10.2.